The molecule has 0 amide bonds. The van der Waals surface area contributed by atoms with Crippen molar-refractivity contribution in [3.05, 3.63) is 48.5 Å². The van der Waals surface area contributed by atoms with Crippen LogP contribution in [0.1, 0.15) is 12.8 Å². The number of phenols is 1. The van der Waals surface area contributed by atoms with Gasteiger partial charge in [-0.15, -0.1) is 0 Å². The molecule has 0 heterocycles. The van der Waals surface area contributed by atoms with Gasteiger partial charge >= 0.3 is 0 Å². The van der Waals surface area contributed by atoms with Crippen LogP contribution in [-0.4, -0.2) is 34.9 Å². The summed E-state index contributed by atoms with van der Waals surface area (Å²) in [5.74, 6) is 3.10. The first-order valence-corrected chi connectivity index (χ1v) is 9.51. The summed E-state index contributed by atoms with van der Waals surface area (Å²) in [5, 5.41) is 12.4. The van der Waals surface area contributed by atoms with Crippen LogP contribution in [0.5, 0.6) is 11.5 Å². The maximum Gasteiger partial charge on any atom is 0.127 e. The van der Waals surface area contributed by atoms with E-state index in [4.69, 9.17) is 4.74 Å². The second kappa shape index (κ2) is 10.9. The number of para-hydroxylation sites is 2. The van der Waals surface area contributed by atoms with E-state index in [-0.39, 0.29) is 5.75 Å². The Hall–Kier alpha value is -1.81. The van der Waals surface area contributed by atoms with Crippen LogP contribution in [0, 0.1) is 0 Å². The van der Waals surface area contributed by atoms with Crippen LogP contribution >= 0.6 is 24.0 Å². The van der Waals surface area contributed by atoms with Gasteiger partial charge in [0.1, 0.15) is 11.5 Å². The minimum absolute atomic E-state index is 0.266. The molecule has 5 heteroatoms. The molecule has 1 N–H and O–H groups in total. The number of phenolic OH excluding ortho intramolecular Hbond substituents is 1. The molecule has 0 atom stereocenters. The van der Waals surface area contributed by atoms with Gasteiger partial charge in [0, 0.05) is 23.4 Å². The molecular formula is C19H21NO2S2. The molecule has 0 saturated heterocycles. The molecular weight excluding hydrogens is 338 g/mol. The van der Waals surface area contributed by atoms with Gasteiger partial charge < -0.3 is 9.84 Å². The topological polar surface area (TPSA) is 41.8 Å². The molecule has 0 aliphatic heterocycles. The van der Waals surface area contributed by atoms with Gasteiger partial charge in [0.2, 0.25) is 0 Å². The highest BCUT2D eigenvalue weighted by atomic mass is 32.2. The monoisotopic (exact) mass is 359 g/mol. The summed E-state index contributed by atoms with van der Waals surface area (Å²) in [6.07, 6.45) is 2.17. The lowest BCUT2D eigenvalue weighted by molar-refractivity contribution is 0.345. The average Bonchev–Trinajstić information content (AvgIpc) is 2.61. The summed E-state index contributed by atoms with van der Waals surface area (Å²) in [5.41, 5.74) is 1.71. The van der Waals surface area contributed by atoms with Gasteiger partial charge in [-0.25, -0.2) is 4.99 Å². The lowest BCUT2D eigenvalue weighted by Gasteiger charge is -2.12. The van der Waals surface area contributed by atoms with E-state index in [1.54, 1.807) is 6.07 Å². The summed E-state index contributed by atoms with van der Waals surface area (Å²) >= 11 is 6.41. The first kappa shape index (κ1) is 18.5. The third-order valence-electron chi connectivity index (χ3n) is 3.44. The maximum atomic E-state index is 10.0. The number of hydrogen-bond acceptors (Lipinski definition) is 5. The number of nitrogens with zero attached hydrogens (tertiary/aromatic N) is 1. The molecule has 0 aliphatic carbocycles. The number of isothiocyanates is 1. The Morgan fingerprint density at radius 1 is 1.00 bits per heavy atom. The predicted molar refractivity (Wildman–Crippen MR) is 105 cm³/mol. The largest absolute Gasteiger partial charge is 0.507 e. The second-order valence-corrected chi connectivity index (χ2v) is 6.56. The minimum Gasteiger partial charge on any atom is -0.507 e. The van der Waals surface area contributed by atoms with E-state index in [2.05, 4.69) is 22.4 Å². The molecule has 0 bridgehead atoms. The predicted octanol–water partition coefficient (Wildman–Crippen LogP) is 5.05. The Labute approximate surface area is 152 Å². The first-order chi connectivity index (χ1) is 11.8. The zero-order chi connectivity index (χ0) is 17.0. The number of rotatable bonds is 10. The van der Waals surface area contributed by atoms with Gasteiger partial charge in [-0.2, -0.15) is 11.8 Å². The highest BCUT2D eigenvalue weighted by molar-refractivity contribution is 7.99. The van der Waals surface area contributed by atoms with Crippen LogP contribution in [0.25, 0.3) is 11.1 Å². The molecule has 0 aliphatic rings. The third-order valence-corrected chi connectivity index (χ3v) is 4.60. The summed E-state index contributed by atoms with van der Waals surface area (Å²) in [4.78, 5) is 3.90. The van der Waals surface area contributed by atoms with Gasteiger partial charge in [-0.05, 0) is 42.9 Å². The Kier molecular flexibility index (Phi) is 8.39. The van der Waals surface area contributed by atoms with Gasteiger partial charge in [0.05, 0.1) is 11.8 Å². The second-order valence-electron chi connectivity index (χ2n) is 5.15. The van der Waals surface area contributed by atoms with E-state index < -0.39 is 0 Å². The van der Waals surface area contributed by atoms with Crippen molar-refractivity contribution in [3.8, 4) is 22.6 Å². The molecule has 2 aromatic rings. The SMILES string of the molecule is Oc1ccccc1-c1ccccc1OCCSCCCCN=C=S. The van der Waals surface area contributed by atoms with Crippen molar-refractivity contribution in [3.63, 3.8) is 0 Å². The zero-order valence-corrected chi connectivity index (χ0v) is 15.1. The molecule has 126 valence electrons. The van der Waals surface area contributed by atoms with Crippen molar-refractivity contribution in [2.75, 3.05) is 24.7 Å². The van der Waals surface area contributed by atoms with Crippen LogP contribution in [0.4, 0.5) is 0 Å². The van der Waals surface area contributed by atoms with E-state index in [0.717, 1.165) is 47.8 Å². The lowest BCUT2D eigenvalue weighted by Crippen LogP contribution is -2.02. The van der Waals surface area contributed by atoms with Gasteiger partial charge in [0.25, 0.3) is 0 Å². The number of unbranched alkanes of at least 4 members (excludes halogenated alkanes) is 1. The highest BCUT2D eigenvalue weighted by Crippen LogP contribution is 2.35. The Morgan fingerprint density at radius 3 is 2.54 bits per heavy atom. The Balaban J connectivity index is 1.80. The third kappa shape index (κ3) is 6.00. The molecule has 2 rings (SSSR count). The highest BCUT2D eigenvalue weighted by Gasteiger charge is 2.09. The number of hydrogen-bond donors (Lipinski definition) is 1. The number of ether oxygens (including phenoxy) is 1. The fraction of sp³-hybridized carbons (Fsp3) is 0.316. The van der Waals surface area contributed by atoms with Crippen LogP contribution in [0.2, 0.25) is 0 Å². The molecule has 0 aromatic heterocycles. The van der Waals surface area contributed by atoms with Crippen molar-refractivity contribution in [2.45, 2.75) is 12.8 Å². The smallest absolute Gasteiger partial charge is 0.127 e. The van der Waals surface area contributed by atoms with Crippen LogP contribution in [-0.2, 0) is 0 Å². The standard InChI is InChI=1S/C19H21NO2S2/c21-18-9-3-1-7-16(18)17-8-2-4-10-19(17)22-12-14-24-13-6-5-11-20-15-23/h1-4,7-10,21H,5-6,11-14H2. The molecule has 0 radical (unpaired) electrons. The summed E-state index contributed by atoms with van der Waals surface area (Å²) in [6.45, 7) is 1.42. The van der Waals surface area contributed by atoms with Gasteiger partial charge in [-0.3, -0.25) is 0 Å². The van der Waals surface area contributed by atoms with Crippen molar-refractivity contribution in [2.24, 2.45) is 4.99 Å². The number of thiocarbonyl (C=S) groups is 1. The Bertz CT molecular complexity index is 685. The summed E-state index contributed by atoms with van der Waals surface area (Å²) in [6, 6.07) is 15.1. The summed E-state index contributed by atoms with van der Waals surface area (Å²) < 4.78 is 5.92. The van der Waals surface area contributed by atoms with E-state index in [1.165, 1.54) is 0 Å². The maximum absolute atomic E-state index is 10.0. The number of aliphatic imine (C=N–C) groups is 1. The molecule has 0 fully saturated rings. The quantitative estimate of drug-likeness (QED) is 0.366. The average molecular weight is 360 g/mol. The zero-order valence-electron chi connectivity index (χ0n) is 13.5. The van der Waals surface area contributed by atoms with E-state index >= 15 is 0 Å². The van der Waals surface area contributed by atoms with Gasteiger partial charge in [0.15, 0.2) is 0 Å². The lowest BCUT2D eigenvalue weighted by atomic mass is 10.0. The van der Waals surface area contributed by atoms with Crippen molar-refractivity contribution in [1.82, 2.24) is 0 Å². The Morgan fingerprint density at radius 2 is 1.75 bits per heavy atom. The number of aromatic hydroxyl groups is 1. The van der Waals surface area contributed by atoms with Crippen molar-refractivity contribution in [1.29, 1.82) is 0 Å². The fourth-order valence-electron chi connectivity index (χ4n) is 2.27. The van der Waals surface area contributed by atoms with Crippen molar-refractivity contribution >= 4 is 29.1 Å². The van der Waals surface area contributed by atoms with Crippen LogP contribution in [0.3, 0.4) is 0 Å². The molecule has 0 saturated carbocycles. The first-order valence-electron chi connectivity index (χ1n) is 7.94. The molecule has 24 heavy (non-hydrogen) atoms. The van der Waals surface area contributed by atoms with Crippen molar-refractivity contribution < 1.29 is 9.84 Å². The van der Waals surface area contributed by atoms with Crippen LogP contribution < -0.4 is 4.74 Å². The summed E-state index contributed by atoms with van der Waals surface area (Å²) in [7, 11) is 0. The number of benzene rings is 2. The molecule has 0 unspecified atom stereocenters. The molecule has 2 aromatic carbocycles. The van der Waals surface area contributed by atoms with Crippen LogP contribution in [0.15, 0.2) is 53.5 Å². The minimum atomic E-state index is 0.266. The fourth-order valence-corrected chi connectivity index (χ4v) is 3.17. The molecule has 0 spiro atoms. The van der Waals surface area contributed by atoms with E-state index in [1.807, 2.05) is 54.2 Å². The normalized spacial score (nSPS) is 10.2. The van der Waals surface area contributed by atoms with E-state index in [0.29, 0.717) is 6.61 Å². The number of thioether (sulfide) groups is 1. The van der Waals surface area contributed by atoms with Gasteiger partial charge in [-0.1, -0.05) is 36.4 Å². The van der Waals surface area contributed by atoms with E-state index in [9.17, 15) is 5.11 Å². The molecule has 3 nitrogen and oxygen atoms in total.